The van der Waals surface area contributed by atoms with Gasteiger partial charge in [0.15, 0.2) is 0 Å². The number of imidazole rings is 1. The average Bonchev–Trinajstić information content (AvgIpc) is 2.85. The number of nitrogens with two attached hydrogens (primary N) is 1. The molecule has 0 bridgehead atoms. The lowest BCUT2D eigenvalue weighted by molar-refractivity contribution is 0.0949. The maximum Gasteiger partial charge on any atom is 0.323 e. The predicted octanol–water partition coefficient (Wildman–Crippen LogP) is -0.677. The molecule has 9 heteroatoms. The molecule has 5 N–H and O–H groups in total. The number of benzene rings is 1. The summed E-state index contributed by atoms with van der Waals surface area (Å²) in [6.45, 7) is 0.348. The van der Waals surface area contributed by atoms with Crippen molar-refractivity contribution >= 4 is 15.9 Å². The Morgan fingerprint density at radius 1 is 1.24 bits per heavy atom. The molecule has 0 atom stereocenters. The summed E-state index contributed by atoms with van der Waals surface area (Å²) >= 11 is 0. The van der Waals surface area contributed by atoms with Gasteiger partial charge in [-0.05, 0) is 24.1 Å². The Labute approximate surface area is 120 Å². The van der Waals surface area contributed by atoms with Crippen molar-refractivity contribution in [1.29, 1.82) is 0 Å². The molecule has 1 aromatic carbocycles. The minimum Gasteiger partial charge on any atom is -0.350 e. The van der Waals surface area contributed by atoms with Gasteiger partial charge in [0.1, 0.15) is 5.69 Å². The summed E-state index contributed by atoms with van der Waals surface area (Å²) in [5.41, 5.74) is 0.563. The summed E-state index contributed by atoms with van der Waals surface area (Å²) in [7, 11) is -3.69. The van der Waals surface area contributed by atoms with E-state index >= 15 is 0 Å². The standard InChI is InChI=1S/C12H14N4O4S/c13-21(19,20)9-3-1-8(2-4-9)5-6-14-11(17)10-7-15-12(18)16-10/h1-4,7H,5-6H2,(H,14,17)(H2,13,19,20)(H2,15,16,18). The molecule has 1 aromatic heterocycles. The van der Waals surface area contributed by atoms with Crippen LogP contribution in [0.4, 0.5) is 0 Å². The maximum absolute atomic E-state index is 11.6. The zero-order chi connectivity index (χ0) is 15.5. The van der Waals surface area contributed by atoms with Crippen LogP contribution in [0.5, 0.6) is 0 Å². The third kappa shape index (κ3) is 4.04. The lowest BCUT2D eigenvalue weighted by Gasteiger charge is -2.04. The van der Waals surface area contributed by atoms with Crippen LogP contribution in [0.1, 0.15) is 16.1 Å². The van der Waals surface area contributed by atoms with Crippen LogP contribution in [0.15, 0.2) is 40.2 Å². The van der Waals surface area contributed by atoms with Crippen molar-refractivity contribution in [3.8, 4) is 0 Å². The van der Waals surface area contributed by atoms with Crippen molar-refractivity contribution < 1.29 is 13.2 Å². The minimum absolute atomic E-state index is 0.0418. The number of sulfonamides is 1. The summed E-state index contributed by atoms with van der Waals surface area (Å²) in [5, 5.41) is 7.63. The molecule has 0 spiro atoms. The Morgan fingerprint density at radius 3 is 2.43 bits per heavy atom. The van der Waals surface area contributed by atoms with Crippen LogP contribution in [0.2, 0.25) is 0 Å². The second-order valence-electron chi connectivity index (χ2n) is 4.35. The van der Waals surface area contributed by atoms with E-state index in [-0.39, 0.29) is 10.6 Å². The molecule has 0 fully saturated rings. The van der Waals surface area contributed by atoms with Crippen molar-refractivity contribution in [1.82, 2.24) is 15.3 Å². The molecule has 2 rings (SSSR count). The van der Waals surface area contributed by atoms with E-state index in [1.807, 2.05) is 0 Å². The lowest BCUT2D eigenvalue weighted by Crippen LogP contribution is -2.26. The predicted molar refractivity (Wildman–Crippen MR) is 75.3 cm³/mol. The number of nitrogens with one attached hydrogen (secondary N) is 3. The fourth-order valence-electron chi connectivity index (χ4n) is 1.72. The molecule has 0 aliphatic rings. The molecule has 2 aromatic rings. The van der Waals surface area contributed by atoms with Crippen LogP contribution in [0, 0.1) is 0 Å². The fraction of sp³-hybridized carbons (Fsp3) is 0.167. The zero-order valence-corrected chi connectivity index (χ0v) is 11.7. The van der Waals surface area contributed by atoms with E-state index in [4.69, 9.17) is 5.14 Å². The SMILES string of the molecule is NS(=O)(=O)c1ccc(CCNC(=O)c2c[nH]c(=O)[nH]2)cc1. The van der Waals surface area contributed by atoms with Gasteiger partial charge in [0.25, 0.3) is 5.91 Å². The van der Waals surface area contributed by atoms with Gasteiger partial charge in [0.05, 0.1) is 4.90 Å². The van der Waals surface area contributed by atoms with Gasteiger partial charge in [-0.3, -0.25) is 4.79 Å². The number of carbonyl (C=O) groups excluding carboxylic acids is 1. The molecule has 0 saturated heterocycles. The summed E-state index contributed by atoms with van der Waals surface area (Å²) < 4.78 is 22.2. The molecule has 0 aliphatic carbocycles. The summed E-state index contributed by atoms with van der Waals surface area (Å²) in [5.74, 6) is -0.394. The summed E-state index contributed by atoms with van der Waals surface area (Å²) in [6, 6.07) is 6.08. The fourth-order valence-corrected chi connectivity index (χ4v) is 2.23. The maximum atomic E-state index is 11.6. The molecule has 0 unspecified atom stereocenters. The van der Waals surface area contributed by atoms with E-state index in [0.717, 1.165) is 5.56 Å². The van der Waals surface area contributed by atoms with E-state index in [1.54, 1.807) is 12.1 Å². The number of H-pyrrole nitrogens is 2. The molecule has 0 radical (unpaired) electrons. The Balaban J connectivity index is 1.89. The average molecular weight is 310 g/mol. The number of aromatic amines is 2. The van der Waals surface area contributed by atoms with Crippen molar-refractivity contribution in [3.63, 3.8) is 0 Å². The van der Waals surface area contributed by atoms with Gasteiger partial charge in [0, 0.05) is 12.7 Å². The van der Waals surface area contributed by atoms with Gasteiger partial charge in [-0.15, -0.1) is 0 Å². The highest BCUT2D eigenvalue weighted by Crippen LogP contribution is 2.08. The molecular formula is C12H14N4O4S. The number of aromatic nitrogens is 2. The van der Waals surface area contributed by atoms with Crippen molar-refractivity contribution in [2.75, 3.05) is 6.54 Å². The summed E-state index contributed by atoms with van der Waals surface area (Å²) in [6.07, 6.45) is 1.81. The first kappa shape index (κ1) is 15.0. The number of hydrogen-bond acceptors (Lipinski definition) is 4. The van der Waals surface area contributed by atoms with Crippen LogP contribution < -0.4 is 16.1 Å². The minimum atomic E-state index is -3.69. The van der Waals surface area contributed by atoms with E-state index in [2.05, 4.69) is 15.3 Å². The quantitative estimate of drug-likeness (QED) is 0.581. The first-order valence-electron chi connectivity index (χ1n) is 6.04. The first-order chi connectivity index (χ1) is 9.86. The lowest BCUT2D eigenvalue weighted by atomic mass is 10.1. The highest BCUT2D eigenvalue weighted by molar-refractivity contribution is 7.89. The Bertz CT molecular complexity index is 789. The van der Waals surface area contributed by atoms with Crippen molar-refractivity contribution in [2.45, 2.75) is 11.3 Å². The molecular weight excluding hydrogens is 296 g/mol. The third-order valence-corrected chi connectivity index (χ3v) is 3.72. The van der Waals surface area contributed by atoms with Crippen LogP contribution in [-0.4, -0.2) is 30.8 Å². The molecule has 21 heavy (non-hydrogen) atoms. The van der Waals surface area contributed by atoms with E-state index in [1.165, 1.54) is 18.3 Å². The van der Waals surface area contributed by atoms with Gasteiger partial charge in [-0.25, -0.2) is 18.4 Å². The smallest absolute Gasteiger partial charge is 0.323 e. The van der Waals surface area contributed by atoms with Crippen molar-refractivity contribution in [2.24, 2.45) is 5.14 Å². The topological polar surface area (TPSA) is 138 Å². The van der Waals surface area contributed by atoms with Gasteiger partial charge in [0.2, 0.25) is 10.0 Å². The van der Waals surface area contributed by atoms with E-state index in [9.17, 15) is 18.0 Å². The van der Waals surface area contributed by atoms with Gasteiger partial charge >= 0.3 is 5.69 Å². The monoisotopic (exact) mass is 310 g/mol. The van der Waals surface area contributed by atoms with Crippen LogP contribution in [-0.2, 0) is 16.4 Å². The van der Waals surface area contributed by atoms with E-state index < -0.39 is 21.6 Å². The van der Waals surface area contributed by atoms with Crippen molar-refractivity contribution in [3.05, 3.63) is 52.2 Å². The van der Waals surface area contributed by atoms with Crippen LogP contribution >= 0.6 is 0 Å². The van der Waals surface area contributed by atoms with Crippen LogP contribution in [0.25, 0.3) is 0 Å². The Hall–Kier alpha value is -2.39. The number of primary sulfonamides is 1. The van der Waals surface area contributed by atoms with Crippen LogP contribution in [0.3, 0.4) is 0 Å². The normalized spacial score (nSPS) is 11.3. The number of rotatable bonds is 5. The second kappa shape index (κ2) is 5.94. The molecule has 112 valence electrons. The Morgan fingerprint density at radius 2 is 1.90 bits per heavy atom. The molecule has 8 nitrogen and oxygen atoms in total. The second-order valence-corrected chi connectivity index (χ2v) is 5.91. The largest absolute Gasteiger partial charge is 0.350 e. The Kier molecular flexibility index (Phi) is 4.24. The van der Waals surface area contributed by atoms with Gasteiger partial charge < -0.3 is 15.3 Å². The van der Waals surface area contributed by atoms with Gasteiger partial charge in [-0.2, -0.15) is 0 Å². The molecule has 0 saturated carbocycles. The number of hydrogen-bond donors (Lipinski definition) is 4. The molecule has 1 amide bonds. The highest BCUT2D eigenvalue weighted by atomic mass is 32.2. The molecule has 0 aliphatic heterocycles. The third-order valence-electron chi connectivity index (χ3n) is 2.79. The zero-order valence-electron chi connectivity index (χ0n) is 10.9. The highest BCUT2D eigenvalue weighted by Gasteiger charge is 2.08. The number of amides is 1. The number of carbonyl (C=O) groups is 1. The molecule has 1 heterocycles. The van der Waals surface area contributed by atoms with Gasteiger partial charge in [-0.1, -0.05) is 12.1 Å². The first-order valence-corrected chi connectivity index (χ1v) is 7.58. The summed E-state index contributed by atoms with van der Waals surface area (Å²) in [4.78, 5) is 27.2. The van der Waals surface area contributed by atoms with E-state index in [0.29, 0.717) is 13.0 Å².